The van der Waals surface area contributed by atoms with E-state index in [4.69, 9.17) is 5.11 Å². The van der Waals surface area contributed by atoms with E-state index in [0.717, 1.165) is 13.0 Å². The number of carbonyl (C=O) groups excluding carboxylic acids is 1. The average Bonchev–Trinajstić information content (AvgIpc) is 2.53. The lowest BCUT2D eigenvalue weighted by molar-refractivity contribution is -0.143. The molecule has 0 saturated carbocycles. The van der Waals surface area contributed by atoms with Crippen LogP contribution in [-0.2, 0) is 9.59 Å². The predicted octanol–water partition coefficient (Wildman–Crippen LogP) is 0.903. The number of likely N-dealkylation sites (tertiary alicyclic amines) is 1. The van der Waals surface area contributed by atoms with Gasteiger partial charge in [-0.15, -0.1) is 0 Å². The second kappa shape index (κ2) is 4.55. The highest BCUT2D eigenvalue weighted by Gasteiger charge is 2.36. The summed E-state index contributed by atoms with van der Waals surface area (Å²) in [6, 6.07) is -0.664. The standard InChI is InChI=1S/C10H17NO3/c1-3-8(7(2)12)11-6-4-5-9(11)10(13)14/h8-9H,3-6H2,1-2H3,(H,13,14). The van der Waals surface area contributed by atoms with Crippen molar-refractivity contribution in [3.05, 3.63) is 0 Å². The Bertz CT molecular complexity index is 240. The highest BCUT2D eigenvalue weighted by molar-refractivity contribution is 5.83. The molecule has 0 aromatic heterocycles. The molecule has 14 heavy (non-hydrogen) atoms. The van der Waals surface area contributed by atoms with E-state index in [1.54, 1.807) is 0 Å². The minimum Gasteiger partial charge on any atom is -0.480 e. The summed E-state index contributed by atoms with van der Waals surface area (Å²) < 4.78 is 0. The Kier molecular flexibility index (Phi) is 3.63. The fourth-order valence-electron chi connectivity index (χ4n) is 2.18. The van der Waals surface area contributed by atoms with Crippen LogP contribution >= 0.6 is 0 Å². The lowest BCUT2D eigenvalue weighted by atomic mass is 10.1. The Hall–Kier alpha value is -0.900. The first-order valence-corrected chi connectivity index (χ1v) is 5.07. The zero-order chi connectivity index (χ0) is 10.7. The Morgan fingerprint density at radius 2 is 2.21 bits per heavy atom. The summed E-state index contributed by atoms with van der Waals surface area (Å²) in [5.41, 5.74) is 0. The molecule has 2 atom stereocenters. The Labute approximate surface area is 83.9 Å². The number of carboxylic acids is 1. The van der Waals surface area contributed by atoms with E-state index in [0.29, 0.717) is 12.8 Å². The number of hydrogen-bond donors (Lipinski definition) is 1. The summed E-state index contributed by atoms with van der Waals surface area (Å²) in [5, 5.41) is 8.96. The molecule has 0 aliphatic carbocycles. The molecule has 80 valence electrons. The van der Waals surface area contributed by atoms with Crippen LogP contribution < -0.4 is 0 Å². The highest BCUT2D eigenvalue weighted by Crippen LogP contribution is 2.22. The summed E-state index contributed by atoms with van der Waals surface area (Å²) in [6.45, 7) is 4.18. The predicted molar refractivity (Wildman–Crippen MR) is 52.1 cm³/mol. The number of aliphatic carboxylic acids is 1. The van der Waals surface area contributed by atoms with Crippen molar-refractivity contribution in [1.82, 2.24) is 4.90 Å². The third kappa shape index (κ3) is 2.12. The minimum atomic E-state index is -0.804. The number of Topliss-reactive ketones (excluding diaryl/α,β-unsaturated/α-hetero) is 1. The molecular weight excluding hydrogens is 182 g/mol. The van der Waals surface area contributed by atoms with Crippen LogP contribution in [0.25, 0.3) is 0 Å². The first-order valence-electron chi connectivity index (χ1n) is 5.07. The molecule has 0 radical (unpaired) electrons. The molecule has 1 N–H and O–H groups in total. The van der Waals surface area contributed by atoms with Crippen molar-refractivity contribution in [2.75, 3.05) is 6.54 Å². The molecule has 1 aliphatic rings. The fraction of sp³-hybridized carbons (Fsp3) is 0.800. The largest absolute Gasteiger partial charge is 0.480 e. The van der Waals surface area contributed by atoms with Crippen LogP contribution in [0.15, 0.2) is 0 Å². The quantitative estimate of drug-likeness (QED) is 0.731. The molecular formula is C10H17NO3. The summed E-state index contributed by atoms with van der Waals surface area (Å²) in [4.78, 5) is 24.0. The SMILES string of the molecule is CCC(C(C)=O)N1CCCC1C(=O)O. The normalized spacial score (nSPS) is 24.9. The van der Waals surface area contributed by atoms with Gasteiger partial charge in [-0.2, -0.15) is 0 Å². The monoisotopic (exact) mass is 199 g/mol. The third-order valence-electron chi connectivity index (χ3n) is 2.84. The van der Waals surface area contributed by atoms with E-state index in [1.807, 2.05) is 11.8 Å². The molecule has 0 spiro atoms. The van der Waals surface area contributed by atoms with Gasteiger partial charge in [0.15, 0.2) is 0 Å². The van der Waals surface area contributed by atoms with Gasteiger partial charge < -0.3 is 5.11 Å². The van der Waals surface area contributed by atoms with E-state index < -0.39 is 12.0 Å². The van der Waals surface area contributed by atoms with Gasteiger partial charge in [-0.25, -0.2) is 0 Å². The van der Waals surface area contributed by atoms with Gasteiger partial charge in [0.05, 0.1) is 6.04 Å². The van der Waals surface area contributed by atoms with Crippen LogP contribution in [0.3, 0.4) is 0 Å². The van der Waals surface area contributed by atoms with Gasteiger partial charge >= 0.3 is 5.97 Å². The van der Waals surface area contributed by atoms with Crippen molar-refractivity contribution < 1.29 is 14.7 Å². The van der Waals surface area contributed by atoms with E-state index in [1.165, 1.54) is 6.92 Å². The highest BCUT2D eigenvalue weighted by atomic mass is 16.4. The summed E-state index contributed by atoms with van der Waals surface area (Å²) >= 11 is 0. The molecule has 4 heteroatoms. The second-order valence-corrected chi connectivity index (χ2v) is 3.77. The number of nitrogens with zero attached hydrogens (tertiary/aromatic N) is 1. The van der Waals surface area contributed by atoms with E-state index in [-0.39, 0.29) is 11.8 Å². The number of hydrogen-bond acceptors (Lipinski definition) is 3. The molecule has 0 aromatic rings. The van der Waals surface area contributed by atoms with Crippen molar-refractivity contribution >= 4 is 11.8 Å². The smallest absolute Gasteiger partial charge is 0.320 e. The summed E-state index contributed by atoms with van der Waals surface area (Å²) in [7, 11) is 0. The van der Waals surface area contributed by atoms with Gasteiger partial charge in [0, 0.05) is 0 Å². The zero-order valence-electron chi connectivity index (χ0n) is 8.69. The first-order chi connectivity index (χ1) is 6.57. The van der Waals surface area contributed by atoms with E-state index >= 15 is 0 Å². The van der Waals surface area contributed by atoms with Crippen LogP contribution in [0.2, 0.25) is 0 Å². The molecule has 1 fully saturated rings. The van der Waals surface area contributed by atoms with E-state index in [2.05, 4.69) is 0 Å². The van der Waals surface area contributed by atoms with Crippen molar-refractivity contribution in [3.63, 3.8) is 0 Å². The second-order valence-electron chi connectivity index (χ2n) is 3.77. The van der Waals surface area contributed by atoms with Crippen LogP contribution in [0.5, 0.6) is 0 Å². The maximum atomic E-state index is 11.3. The zero-order valence-corrected chi connectivity index (χ0v) is 8.69. The molecule has 1 saturated heterocycles. The molecule has 1 aliphatic heterocycles. The first kappa shape index (κ1) is 11.2. The molecule has 0 amide bonds. The van der Waals surface area contributed by atoms with Gasteiger partial charge in [0.25, 0.3) is 0 Å². The molecule has 1 rings (SSSR count). The van der Waals surface area contributed by atoms with Crippen LogP contribution in [0, 0.1) is 0 Å². The maximum absolute atomic E-state index is 11.3. The minimum absolute atomic E-state index is 0.0700. The molecule has 4 nitrogen and oxygen atoms in total. The van der Waals surface area contributed by atoms with Gasteiger partial charge in [-0.3, -0.25) is 14.5 Å². The van der Waals surface area contributed by atoms with Crippen molar-refractivity contribution in [2.45, 2.75) is 45.2 Å². The Morgan fingerprint density at radius 3 is 2.64 bits per heavy atom. The van der Waals surface area contributed by atoms with Crippen LogP contribution in [-0.4, -0.2) is 40.4 Å². The molecule has 2 unspecified atom stereocenters. The van der Waals surface area contributed by atoms with E-state index in [9.17, 15) is 9.59 Å². The Balaban J connectivity index is 2.74. The van der Waals surface area contributed by atoms with Gasteiger partial charge in [0.1, 0.15) is 11.8 Å². The van der Waals surface area contributed by atoms with Gasteiger partial charge in [-0.05, 0) is 32.7 Å². The number of carboxylic acid groups (broad SMARTS) is 1. The van der Waals surface area contributed by atoms with Crippen molar-refractivity contribution in [1.29, 1.82) is 0 Å². The molecule has 1 heterocycles. The summed E-state index contributed by atoms with van der Waals surface area (Å²) in [5.74, 6) is -0.733. The molecule has 0 aromatic carbocycles. The van der Waals surface area contributed by atoms with Crippen molar-refractivity contribution in [2.24, 2.45) is 0 Å². The van der Waals surface area contributed by atoms with Gasteiger partial charge in [-0.1, -0.05) is 6.92 Å². The maximum Gasteiger partial charge on any atom is 0.320 e. The average molecular weight is 199 g/mol. The van der Waals surface area contributed by atoms with Gasteiger partial charge in [0.2, 0.25) is 0 Å². The molecule has 0 bridgehead atoms. The van der Waals surface area contributed by atoms with Crippen molar-refractivity contribution in [3.8, 4) is 0 Å². The third-order valence-corrected chi connectivity index (χ3v) is 2.84. The number of ketones is 1. The summed E-state index contributed by atoms with van der Waals surface area (Å²) in [6.07, 6.45) is 2.24. The number of rotatable bonds is 4. The van der Waals surface area contributed by atoms with Crippen LogP contribution in [0.1, 0.15) is 33.1 Å². The Morgan fingerprint density at radius 1 is 1.57 bits per heavy atom. The number of carbonyl (C=O) groups is 2. The fourth-order valence-corrected chi connectivity index (χ4v) is 2.18. The lowest BCUT2D eigenvalue weighted by Gasteiger charge is -2.28. The lowest BCUT2D eigenvalue weighted by Crippen LogP contribution is -2.46. The van der Waals surface area contributed by atoms with Crippen LogP contribution in [0.4, 0.5) is 0 Å². The topological polar surface area (TPSA) is 57.6 Å².